The zero-order chi connectivity index (χ0) is 19.2. The van der Waals surface area contributed by atoms with Crippen molar-refractivity contribution in [1.82, 2.24) is 19.7 Å². The Bertz CT molecular complexity index is 767. The van der Waals surface area contributed by atoms with E-state index in [-0.39, 0.29) is 11.8 Å². The molecule has 3 rings (SSSR count). The molecule has 2 aromatic heterocycles. The number of carbonyl (C=O) groups is 2. The van der Waals surface area contributed by atoms with Crippen LogP contribution in [0, 0.1) is 0 Å². The lowest BCUT2D eigenvalue weighted by atomic mass is 10.2. The molecular weight excluding hydrogens is 346 g/mol. The molecule has 0 unspecified atom stereocenters. The number of carbonyl (C=O) groups excluding carboxylic acids is 2. The third kappa shape index (κ3) is 4.85. The fourth-order valence-corrected chi connectivity index (χ4v) is 2.92. The van der Waals surface area contributed by atoms with Crippen molar-refractivity contribution in [2.24, 2.45) is 0 Å². The standard InChI is InChI=1S/C19H25N5O3/c1-22(2)8-7-21-17-14-15(5-6-20-17)18(25)23-9-11-24(12-10-23)19(26)16-4-3-13-27-16/h3-6,13-14H,7-12H2,1-2H3,(H,20,21). The maximum Gasteiger partial charge on any atom is 0.289 e. The Kier molecular flexibility index (Phi) is 6.08. The summed E-state index contributed by atoms with van der Waals surface area (Å²) in [6.45, 7) is 3.61. The van der Waals surface area contributed by atoms with Crippen LogP contribution in [0.25, 0.3) is 0 Å². The van der Waals surface area contributed by atoms with E-state index >= 15 is 0 Å². The van der Waals surface area contributed by atoms with E-state index in [1.807, 2.05) is 14.1 Å². The molecule has 0 atom stereocenters. The van der Waals surface area contributed by atoms with Gasteiger partial charge < -0.3 is 24.4 Å². The Hall–Kier alpha value is -2.87. The van der Waals surface area contributed by atoms with Gasteiger partial charge in [-0.1, -0.05) is 0 Å². The van der Waals surface area contributed by atoms with Gasteiger partial charge in [0.25, 0.3) is 11.8 Å². The molecule has 0 radical (unpaired) electrons. The highest BCUT2D eigenvalue weighted by molar-refractivity contribution is 5.95. The molecule has 8 heteroatoms. The van der Waals surface area contributed by atoms with E-state index in [0.717, 1.165) is 13.1 Å². The van der Waals surface area contributed by atoms with Crippen molar-refractivity contribution in [1.29, 1.82) is 0 Å². The second-order valence-electron chi connectivity index (χ2n) is 6.72. The summed E-state index contributed by atoms with van der Waals surface area (Å²) in [6, 6.07) is 6.85. The molecule has 144 valence electrons. The van der Waals surface area contributed by atoms with Crippen LogP contribution in [0.15, 0.2) is 41.1 Å². The maximum absolute atomic E-state index is 12.8. The smallest absolute Gasteiger partial charge is 0.289 e. The highest BCUT2D eigenvalue weighted by Gasteiger charge is 2.26. The van der Waals surface area contributed by atoms with Gasteiger partial charge >= 0.3 is 0 Å². The topological polar surface area (TPSA) is 81.9 Å². The van der Waals surface area contributed by atoms with Gasteiger partial charge in [0.1, 0.15) is 5.82 Å². The monoisotopic (exact) mass is 371 g/mol. The predicted octanol–water partition coefficient (Wildman–Crippen LogP) is 1.25. The Morgan fingerprint density at radius 3 is 2.48 bits per heavy atom. The summed E-state index contributed by atoms with van der Waals surface area (Å²) in [5.41, 5.74) is 0.600. The zero-order valence-electron chi connectivity index (χ0n) is 15.7. The number of nitrogens with one attached hydrogen (secondary N) is 1. The first-order chi connectivity index (χ1) is 13.0. The fraction of sp³-hybridized carbons (Fsp3) is 0.421. The SMILES string of the molecule is CN(C)CCNc1cc(C(=O)N2CCN(C(=O)c3ccco3)CC2)ccn1. The van der Waals surface area contributed by atoms with Gasteiger partial charge in [0.15, 0.2) is 5.76 Å². The van der Waals surface area contributed by atoms with Crippen molar-refractivity contribution in [3.05, 3.63) is 48.0 Å². The number of piperazine rings is 1. The van der Waals surface area contributed by atoms with Gasteiger partial charge in [-0.15, -0.1) is 0 Å². The molecule has 0 aliphatic carbocycles. The van der Waals surface area contributed by atoms with Crippen molar-refractivity contribution in [2.45, 2.75) is 0 Å². The van der Waals surface area contributed by atoms with Crippen LogP contribution in [-0.2, 0) is 0 Å². The number of nitrogens with zero attached hydrogens (tertiary/aromatic N) is 4. The Morgan fingerprint density at radius 1 is 1.15 bits per heavy atom. The third-order valence-electron chi connectivity index (χ3n) is 4.46. The number of likely N-dealkylation sites (N-methyl/N-ethyl adjacent to an activating group) is 1. The number of furan rings is 1. The lowest BCUT2D eigenvalue weighted by Crippen LogP contribution is -2.50. The van der Waals surface area contributed by atoms with Gasteiger partial charge in [0, 0.05) is 51.0 Å². The van der Waals surface area contributed by atoms with Gasteiger partial charge in [-0.05, 0) is 38.4 Å². The first-order valence-electron chi connectivity index (χ1n) is 9.01. The molecular formula is C19H25N5O3. The predicted molar refractivity (Wildman–Crippen MR) is 102 cm³/mol. The van der Waals surface area contributed by atoms with Crippen molar-refractivity contribution in [2.75, 3.05) is 58.7 Å². The van der Waals surface area contributed by atoms with Gasteiger partial charge in [-0.3, -0.25) is 9.59 Å². The van der Waals surface area contributed by atoms with E-state index in [1.165, 1.54) is 6.26 Å². The average Bonchev–Trinajstić information content (AvgIpc) is 3.22. The van der Waals surface area contributed by atoms with Crippen molar-refractivity contribution >= 4 is 17.6 Å². The molecule has 0 spiro atoms. The minimum Gasteiger partial charge on any atom is -0.459 e. The largest absolute Gasteiger partial charge is 0.459 e. The normalized spacial score (nSPS) is 14.5. The minimum atomic E-state index is -0.136. The summed E-state index contributed by atoms with van der Waals surface area (Å²) in [4.78, 5) is 34.9. The zero-order valence-corrected chi connectivity index (χ0v) is 15.7. The van der Waals surface area contributed by atoms with Crippen LogP contribution in [0.4, 0.5) is 5.82 Å². The van der Waals surface area contributed by atoms with E-state index in [1.54, 1.807) is 40.3 Å². The van der Waals surface area contributed by atoms with Crippen LogP contribution in [0.2, 0.25) is 0 Å². The van der Waals surface area contributed by atoms with Crippen molar-refractivity contribution in [3.8, 4) is 0 Å². The number of hydrogen-bond donors (Lipinski definition) is 1. The summed E-state index contributed by atoms with van der Waals surface area (Å²) in [5.74, 6) is 0.841. The molecule has 3 heterocycles. The van der Waals surface area contributed by atoms with E-state index < -0.39 is 0 Å². The Morgan fingerprint density at radius 2 is 1.85 bits per heavy atom. The first-order valence-corrected chi connectivity index (χ1v) is 9.01. The quantitative estimate of drug-likeness (QED) is 0.823. The van der Waals surface area contributed by atoms with Gasteiger partial charge in [0.05, 0.1) is 6.26 Å². The van der Waals surface area contributed by atoms with Crippen LogP contribution >= 0.6 is 0 Å². The summed E-state index contributed by atoms with van der Waals surface area (Å²) >= 11 is 0. The second kappa shape index (κ2) is 8.68. The molecule has 0 aromatic carbocycles. The first kappa shape index (κ1) is 18.9. The molecule has 8 nitrogen and oxygen atoms in total. The summed E-state index contributed by atoms with van der Waals surface area (Å²) in [5, 5.41) is 3.22. The number of hydrogen-bond acceptors (Lipinski definition) is 6. The molecule has 0 saturated carbocycles. The minimum absolute atomic E-state index is 0.0434. The van der Waals surface area contributed by atoms with E-state index in [2.05, 4.69) is 15.2 Å². The Labute approximate surface area is 158 Å². The summed E-state index contributed by atoms with van der Waals surface area (Å²) in [7, 11) is 4.01. The van der Waals surface area contributed by atoms with E-state index in [9.17, 15) is 9.59 Å². The van der Waals surface area contributed by atoms with Crippen LogP contribution < -0.4 is 5.32 Å². The molecule has 1 aliphatic heterocycles. The van der Waals surface area contributed by atoms with E-state index in [0.29, 0.717) is 43.3 Å². The fourth-order valence-electron chi connectivity index (χ4n) is 2.92. The summed E-state index contributed by atoms with van der Waals surface area (Å²) in [6.07, 6.45) is 3.13. The molecule has 1 aliphatic rings. The van der Waals surface area contributed by atoms with Crippen molar-refractivity contribution in [3.63, 3.8) is 0 Å². The van der Waals surface area contributed by atoms with Crippen molar-refractivity contribution < 1.29 is 14.0 Å². The highest BCUT2D eigenvalue weighted by atomic mass is 16.3. The van der Waals surface area contributed by atoms with Crippen LogP contribution in [0.3, 0.4) is 0 Å². The third-order valence-corrected chi connectivity index (χ3v) is 4.46. The lowest BCUT2D eigenvalue weighted by molar-refractivity contribution is 0.0518. The molecule has 2 aromatic rings. The molecule has 27 heavy (non-hydrogen) atoms. The van der Waals surface area contributed by atoms with Crippen LogP contribution in [-0.4, -0.2) is 84.9 Å². The van der Waals surface area contributed by atoms with Gasteiger partial charge in [-0.2, -0.15) is 0 Å². The lowest BCUT2D eigenvalue weighted by Gasteiger charge is -2.34. The molecule has 1 N–H and O–H groups in total. The number of rotatable bonds is 6. The molecule has 2 amide bonds. The van der Waals surface area contributed by atoms with Crippen LogP contribution in [0.1, 0.15) is 20.9 Å². The highest BCUT2D eigenvalue weighted by Crippen LogP contribution is 2.14. The number of pyridine rings is 1. The van der Waals surface area contributed by atoms with E-state index in [4.69, 9.17) is 4.42 Å². The second-order valence-corrected chi connectivity index (χ2v) is 6.72. The number of aromatic nitrogens is 1. The average molecular weight is 371 g/mol. The number of amides is 2. The van der Waals surface area contributed by atoms with Gasteiger partial charge in [0.2, 0.25) is 0 Å². The molecule has 1 saturated heterocycles. The molecule has 1 fully saturated rings. The Balaban J connectivity index is 1.55. The van der Waals surface area contributed by atoms with Crippen LogP contribution in [0.5, 0.6) is 0 Å². The van der Waals surface area contributed by atoms with Gasteiger partial charge in [-0.25, -0.2) is 4.98 Å². The maximum atomic E-state index is 12.8. The summed E-state index contributed by atoms with van der Waals surface area (Å²) < 4.78 is 5.16. The molecule has 0 bridgehead atoms. The number of anilines is 1.